The predicted octanol–water partition coefficient (Wildman–Crippen LogP) is 0.623. The minimum atomic E-state index is -1.52. The summed E-state index contributed by atoms with van der Waals surface area (Å²) in [5.41, 5.74) is 0.515. The van der Waals surface area contributed by atoms with E-state index in [2.05, 4.69) is 0 Å². The van der Waals surface area contributed by atoms with Crippen LogP contribution in [0.4, 0.5) is 0 Å². The van der Waals surface area contributed by atoms with Crippen LogP contribution in [0.15, 0.2) is 24.0 Å². The molecule has 3 aliphatic rings. The monoisotopic (exact) mass is 598 g/mol. The fourth-order valence-electron chi connectivity index (χ4n) is 4.95. The molecular weight excluding hydrogens is 564 g/mol. The standard InChI is InChI=1S/C27H34O15/c1-12(28)35-10-18-9-20(37-14(3)30)19-7-8-34-26(22(18)19)42-27-25(40-17(6)33)24(39-16(5)32)23(38-15(4)31)21(41-27)11-36-13(2)29/h7-9,19-27H,10-11H2,1-6H3/t19-,20+,21-,22+,23-,24-,25-,26+,27-/m0/s1. The largest absolute Gasteiger partial charge is 0.472 e. The summed E-state index contributed by atoms with van der Waals surface area (Å²) >= 11 is 0. The smallest absolute Gasteiger partial charge is 0.303 e. The summed E-state index contributed by atoms with van der Waals surface area (Å²) < 4.78 is 49.9. The molecule has 3 rings (SSSR count). The Bertz CT molecular complexity index is 1130. The number of ether oxygens (including phenoxy) is 9. The number of fused-ring (bicyclic) bond motifs is 1. The van der Waals surface area contributed by atoms with Gasteiger partial charge in [0.2, 0.25) is 12.6 Å². The summed E-state index contributed by atoms with van der Waals surface area (Å²) in [6.45, 7) is 6.34. The summed E-state index contributed by atoms with van der Waals surface area (Å²) in [5.74, 6) is -5.31. The van der Waals surface area contributed by atoms with Gasteiger partial charge in [0, 0.05) is 47.5 Å². The number of hydrogen-bond acceptors (Lipinski definition) is 15. The molecule has 0 saturated carbocycles. The molecule has 1 fully saturated rings. The fourth-order valence-corrected chi connectivity index (χ4v) is 4.95. The molecule has 0 amide bonds. The first-order valence-corrected chi connectivity index (χ1v) is 13.1. The molecule has 1 aliphatic carbocycles. The first kappa shape index (κ1) is 32.5. The molecule has 2 heterocycles. The maximum absolute atomic E-state index is 12.1. The van der Waals surface area contributed by atoms with Gasteiger partial charge in [-0.2, -0.15) is 0 Å². The molecule has 0 radical (unpaired) electrons. The molecule has 0 bridgehead atoms. The average molecular weight is 599 g/mol. The number of hydrogen-bond donors (Lipinski definition) is 0. The van der Waals surface area contributed by atoms with Gasteiger partial charge in [-0.1, -0.05) is 0 Å². The van der Waals surface area contributed by atoms with E-state index < -0.39 is 97.4 Å². The van der Waals surface area contributed by atoms with Crippen molar-refractivity contribution in [2.24, 2.45) is 11.8 Å². The molecular formula is C27H34O15. The van der Waals surface area contributed by atoms with Crippen molar-refractivity contribution in [2.45, 2.75) is 84.6 Å². The van der Waals surface area contributed by atoms with Crippen molar-refractivity contribution in [3.8, 4) is 0 Å². The van der Waals surface area contributed by atoms with E-state index in [0.717, 1.165) is 27.7 Å². The van der Waals surface area contributed by atoms with Crippen LogP contribution in [-0.2, 0) is 71.4 Å². The van der Waals surface area contributed by atoms with Crippen LogP contribution < -0.4 is 0 Å². The summed E-state index contributed by atoms with van der Waals surface area (Å²) in [6, 6.07) is 0. The first-order valence-electron chi connectivity index (χ1n) is 13.1. The summed E-state index contributed by atoms with van der Waals surface area (Å²) in [7, 11) is 0. The highest BCUT2D eigenvalue weighted by Crippen LogP contribution is 2.43. The lowest BCUT2D eigenvalue weighted by molar-refractivity contribution is -0.342. The Hall–Kier alpha value is -3.98. The third kappa shape index (κ3) is 8.52. The van der Waals surface area contributed by atoms with Gasteiger partial charge >= 0.3 is 35.8 Å². The lowest BCUT2D eigenvalue weighted by atomic mass is 9.88. The fraction of sp³-hybridized carbons (Fsp3) is 0.630. The van der Waals surface area contributed by atoms with Crippen LogP contribution in [0.3, 0.4) is 0 Å². The highest BCUT2D eigenvalue weighted by atomic mass is 16.8. The van der Waals surface area contributed by atoms with Crippen molar-refractivity contribution in [3.63, 3.8) is 0 Å². The molecule has 15 heteroatoms. The van der Waals surface area contributed by atoms with Gasteiger partial charge in [0.15, 0.2) is 18.3 Å². The quantitative estimate of drug-likeness (QED) is 0.193. The van der Waals surface area contributed by atoms with Crippen LogP contribution in [-0.4, -0.2) is 92.1 Å². The van der Waals surface area contributed by atoms with Crippen molar-refractivity contribution in [1.29, 1.82) is 0 Å². The lowest BCUT2D eigenvalue weighted by Crippen LogP contribution is -2.63. The second-order valence-electron chi connectivity index (χ2n) is 9.74. The minimum absolute atomic E-state index is 0.163. The second kappa shape index (κ2) is 14.3. The molecule has 9 atom stereocenters. The van der Waals surface area contributed by atoms with Crippen LogP contribution in [0, 0.1) is 11.8 Å². The Balaban J connectivity index is 1.99. The maximum atomic E-state index is 12.1. The molecule has 232 valence electrons. The van der Waals surface area contributed by atoms with E-state index in [1.807, 2.05) is 0 Å². The van der Waals surface area contributed by atoms with E-state index in [1.165, 1.54) is 20.1 Å². The summed E-state index contributed by atoms with van der Waals surface area (Å²) in [4.78, 5) is 71.1. The number of esters is 6. The molecule has 0 aromatic carbocycles. The Morgan fingerprint density at radius 1 is 0.690 bits per heavy atom. The van der Waals surface area contributed by atoms with Gasteiger partial charge in [-0.3, -0.25) is 28.8 Å². The first-order chi connectivity index (χ1) is 19.8. The van der Waals surface area contributed by atoms with Crippen LogP contribution in [0.5, 0.6) is 0 Å². The Morgan fingerprint density at radius 3 is 1.83 bits per heavy atom. The summed E-state index contributed by atoms with van der Waals surface area (Å²) in [6.07, 6.45) is -4.37. The number of rotatable bonds is 10. The van der Waals surface area contributed by atoms with E-state index in [0.29, 0.717) is 5.57 Å². The zero-order chi connectivity index (χ0) is 31.1. The third-order valence-corrected chi connectivity index (χ3v) is 6.37. The SMILES string of the molecule is CC(=O)OCC1=C[C@@H](OC(C)=O)[C@@H]2C=CO[C@H](O[C@@H]3O[C@@H](COC(C)=O)[C@H](OC(C)=O)[C@H](OC(C)=O)[C@@H]3OC(C)=O)[C@H]12. The van der Waals surface area contributed by atoms with Crippen LogP contribution >= 0.6 is 0 Å². The van der Waals surface area contributed by atoms with Crippen molar-refractivity contribution in [1.82, 2.24) is 0 Å². The van der Waals surface area contributed by atoms with Crippen molar-refractivity contribution >= 4 is 35.8 Å². The van der Waals surface area contributed by atoms with Crippen molar-refractivity contribution in [2.75, 3.05) is 13.2 Å². The molecule has 15 nitrogen and oxygen atoms in total. The summed E-state index contributed by atoms with van der Waals surface area (Å²) in [5, 5.41) is 0. The van der Waals surface area contributed by atoms with E-state index in [-0.39, 0.29) is 6.61 Å². The highest BCUT2D eigenvalue weighted by Gasteiger charge is 2.55. The Kier molecular flexibility index (Phi) is 11.1. The molecule has 0 spiro atoms. The molecule has 0 N–H and O–H groups in total. The molecule has 42 heavy (non-hydrogen) atoms. The van der Waals surface area contributed by atoms with Crippen LogP contribution in [0.1, 0.15) is 41.5 Å². The van der Waals surface area contributed by atoms with Crippen LogP contribution in [0.2, 0.25) is 0 Å². The van der Waals surface area contributed by atoms with E-state index >= 15 is 0 Å². The zero-order valence-electron chi connectivity index (χ0n) is 24.0. The van der Waals surface area contributed by atoms with E-state index in [9.17, 15) is 28.8 Å². The maximum Gasteiger partial charge on any atom is 0.303 e. The topological polar surface area (TPSA) is 185 Å². The predicted molar refractivity (Wildman–Crippen MR) is 134 cm³/mol. The molecule has 1 saturated heterocycles. The zero-order valence-corrected chi connectivity index (χ0v) is 24.0. The Labute approximate surface area is 241 Å². The number of carbonyl (C=O) groups is 6. The van der Waals surface area contributed by atoms with Crippen molar-refractivity contribution < 1.29 is 71.4 Å². The van der Waals surface area contributed by atoms with E-state index in [1.54, 1.807) is 12.2 Å². The normalized spacial score (nSPS) is 31.4. The van der Waals surface area contributed by atoms with Gasteiger partial charge in [0.05, 0.1) is 12.2 Å². The average Bonchev–Trinajstić information content (AvgIpc) is 3.22. The Morgan fingerprint density at radius 2 is 1.26 bits per heavy atom. The second-order valence-corrected chi connectivity index (χ2v) is 9.74. The van der Waals surface area contributed by atoms with Gasteiger partial charge in [-0.15, -0.1) is 0 Å². The van der Waals surface area contributed by atoms with Gasteiger partial charge in [0.25, 0.3) is 0 Å². The molecule has 0 aromatic heterocycles. The van der Waals surface area contributed by atoms with E-state index in [4.69, 9.17) is 42.6 Å². The highest BCUT2D eigenvalue weighted by molar-refractivity contribution is 5.69. The molecule has 0 unspecified atom stereocenters. The van der Waals surface area contributed by atoms with Crippen LogP contribution in [0.25, 0.3) is 0 Å². The number of carbonyl (C=O) groups excluding carboxylic acids is 6. The third-order valence-electron chi connectivity index (χ3n) is 6.37. The van der Waals surface area contributed by atoms with Crippen molar-refractivity contribution in [3.05, 3.63) is 24.0 Å². The van der Waals surface area contributed by atoms with Gasteiger partial charge in [0.1, 0.15) is 25.4 Å². The molecule has 2 aliphatic heterocycles. The van der Waals surface area contributed by atoms with Gasteiger partial charge in [-0.05, 0) is 17.7 Å². The van der Waals surface area contributed by atoms with Gasteiger partial charge in [-0.25, -0.2) is 0 Å². The van der Waals surface area contributed by atoms with Gasteiger partial charge < -0.3 is 42.6 Å². The lowest BCUT2D eigenvalue weighted by Gasteiger charge is -2.45. The minimum Gasteiger partial charge on any atom is -0.472 e. The molecule has 0 aromatic rings.